The van der Waals surface area contributed by atoms with Crippen molar-refractivity contribution >= 4 is 15.9 Å². The maximum atomic E-state index is 13.5. The van der Waals surface area contributed by atoms with Crippen LogP contribution in [0.3, 0.4) is 0 Å². The van der Waals surface area contributed by atoms with Crippen LogP contribution in [0.5, 0.6) is 0 Å². The summed E-state index contributed by atoms with van der Waals surface area (Å²) in [4.78, 5) is 6.58. The number of rotatable bonds is 3. The van der Waals surface area contributed by atoms with Gasteiger partial charge in [0.05, 0.1) is 0 Å². The van der Waals surface area contributed by atoms with Crippen molar-refractivity contribution in [3.05, 3.63) is 64.1 Å². The Balaban J connectivity index is 1.81. The molecule has 1 aromatic carbocycles. The van der Waals surface area contributed by atoms with Crippen LogP contribution in [0.1, 0.15) is 17.2 Å². The predicted molar refractivity (Wildman–Crippen MR) is 84.4 cm³/mol. The third-order valence-electron chi connectivity index (χ3n) is 3.73. The van der Waals surface area contributed by atoms with Crippen molar-refractivity contribution in [2.75, 3.05) is 19.6 Å². The molecular weight excluding hydrogens is 333 g/mol. The van der Waals surface area contributed by atoms with Gasteiger partial charge in [-0.3, -0.25) is 9.88 Å². The molecule has 1 aliphatic heterocycles. The van der Waals surface area contributed by atoms with Crippen LogP contribution >= 0.6 is 15.9 Å². The minimum atomic E-state index is -0.201. The van der Waals surface area contributed by atoms with Gasteiger partial charge in [-0.1, -0.05) is 22.0 Å². The number of piperazine rings is 1. The third-order valence-corrected chi connectivity index (χ3v) is 4.19. The van der Waals surface area contributed by atoms with E-state index in [2.05, 4.69) is 37.2 Å². The molecule has 0 spiro atoms. The molecule has 1 fully saturated rings. The van der Waals surface area contributed by atoms with Crippen molar-refractivity contribution < 1.29 is 4.39 Å². The molecule has 2 aromatic rings. The van der Waals surface area contributed by atoms with Crippen molar-refractivity contribution in [1.82, 2.24) is 15.2 Å². The number of nitrogens with one attached hydrogen (secondary N) is 1. The van der Waals surface area contributed by atoms with E-state index in [1.54, 1.807) is 12.3 Å². The van der Waals surface area contributed by atoms with E-state index in [1.165, 1.54) is 11.6 Å². The summed E-state index contributed by atoms with van der Waals surface area (Å²) in [6.07, 6.45) is 3.69. The fourth-order valence-corrected chi connectivity index (χ4v) is 3.29. The first kappa shape index (κ1) is 14.6. The highest BCUT2D eigenvalue weighted by atomic mass is 79.9. The second kappa shape index (κ2) is 6.64. The molecule has 0 radical (unpaired) electrons. The summed E-state index contributed by atoms with van der Waals surface area (Å²) in [5, 5.41) is 3.42. The van der Waals surface area contributed by atoms with Gasteiger partial charge in [-0.2, -0.15) is 0 Å². The van der Waals surface area contributed by atoms with E-state index in [9.17, 15) is 4.39 Å². The quantitative estimate of drug-likeness (QED) is 0.922. The molecular formula is C16H17BrFN3. The van der Waals surface area contributed by atoms with Crippen molar-refractivity contribution in [3.63, 3.8) is 0 Å². The Morgan fingerprint density at radius 2 is 2.29 bits per heavy atom. The van der Waals surface area contributed by atoms with Gasteiger partial charge in [0.15, 0.2) is 0 Å². The number of pyridine rings is 1. The van der Waals surface area contributed by atoms with Crippen molar-refractivity contribution in [2.45, 2.75) is 12.6 Å². The number of aromatic nitrogens is 1. The van der Waals surface area contributed by atoms with Gasteiger partial charge in [0.1, 0.15) is 5.82 Å². The van der Waals surface area contributed by atoms with Gasteiger partial charge < -0.3 is 5.32 Å². The Morgan fingerprint density at radius 3 is 3.05 bits per heavy atom. The molecule has 110 valence electrons. The normalized spacial score (nSPS) is 19.6. The average molecular weight is 350 g/mol. The van der Waals surface area contributed by atoms with Crippen molar-refractivity contribution in [1.29, 1.82) is 0 Å². The summed E-state index contributed by atoms with van der Waals surface area (Å²) >= 11 is 3.36. The molecule has 1 unspecified atom stereocenters. The Kier molecular flexibility index (Phi) is 4.63. The highest BCUT2D eigenvalue weighted by molar-refractivity contribution is 9.10. The number of nitrogens with zero attached hydrogens (tertiary/aromatic N) is 2. The molecule has 3 nitrogen and oxygen atoms in total. The van der Waals surface area contributed by atoms with Gasteiger partial charge in [0.25, 0.3) is 0 Å². The lowest BCUT2D eigenvalue weighted by atomic mass is 10.0. The molecule has 1 aliphatic rings. The molecule has 0 bridgehead atoms. The fraction of sp³-hybridized carbons (Fsp3) is 0.312. The molecule has 0 aliphatic carbocycles. The van der Waals surface area contributed by atoms with Crippen LogP contribution in [0.15, 0.2) is 47.2 Å². The van der Waals surface area contributed by atoms with Gasteiger partial charge in [0.2, 0.25) is 0 Å². The average Bonchev–Trinajstić information content (AvgIpc) is 2.48. The van der Waals surface area contributed by atoms with E-state index in [0.29, 0.717) is 0 Å². The summed E-state index contributed by atoms with van der Waals surface area (Å²) < 4.78 is 14.3. The molecule has 0 amide bonds. The van der Waals surface area contributed by atoms with Crippen LogP contribution in [0, 0.1) is 5.82 Å². The van der Waals surface area contributed by atoms with Crippen LogP contribution < -0.4 is 5.32 Å². The predicted octanol–water partition coefficient (Wildman–Crippen LogP) is 3.13. The van der Waals surface area contributed by atoms with Gasteiger partial charge in [-0.25, -0.2) is 4.39 Å². The molecule has 1 saturated heterocycles. The SMILES string of the molecule is Fc1cc(Br)cc(CN2CCNCC2c2cccnc2)c1. The number of benzene rings is 1. The summed E-state index contributed by atoms with van der Waals surface area (Å²) in [6.45, 7) is 3.51. The van der Waals surface area contributed by atoms with E-state index in [4.69, 9.17) is 0 Å². The molecule has 5 heteroatoms. The Morgan fingerprint density at radius 1 is 1.38 bits per heavy atom. The van der Waals surface area contributed by atoms with Crippen molar-refractivity contribution in [2.24, 2.45) is 0 Å². The highest BCUT2D eigenvalue weighted by Gasteiger charge is 2.24. The second-order valence-electron chi connectivity index (χ2n) is 5.25. The molecule has 1 aromatic heterocycles. The molecule has 21 heavy (non-hydrogen) atoms. The zero-order valence-electron chi connectivity index (χ0n) is 11.6. The molecule has 3 rings (SSSR count). The van der Waals surface area contributed by atoms with Crippen LogP contribution in [0.4, 0.5) is 4.39 Å². The first-order chi connectivity index (χ1) is 10.2. The maximum Gasteiger partial charge on any atom is 0.124 e. The van der Waals surface area contributed by atoms with Crippen LogP contribution in [0.25, 0.3) is 0 Å². The minimum absolute atomic E-state index is 0.201. The zero-order valence-corrected chi connectivity index (χ0v) is 13.2. The van der Waals surface area contributed by atoms with Crippen LogP contribution in [-0.4, -0.2) is 29.5 Å². The lowest BCUT2D eigenvalue weighted by Gasteiger charge is -2.36. The third kappa shape index (κ3) is 3.67. The number of halogens is 2. The van der Waals surface area contributed by atoms with Crippen molar-refractivity contribution in [3.8, 4) is 0 Å². The van der Waals surface area contributed by atoms with Crippen LogP contribution in [-0.2, 0) is 6.54 Å². The largest absolute Gasteiger partial charge is 0.314 e. The summed E-state index contributed by atoms with van der Waals surface area (Å²) in [6, 6.07) is 9.40. The summed E-state index contributed by atoms with van der Waals surface area (Å²) in [5.74, 6) is -0.201. The number of hydrogen-bond acceptors (Lipinski definition) is 3. The second-order valence-corrected chi connectivity index (χ2v) is 6.17. The number of hydrogen-bond donors (Lipinski definition) is 1. The standard InChI is InChI=1S/C16H17BrFN3/c17-14-6-12(7-15(18)8-14)11-21-5-4-20-10-16(21)13-2-1-3-19-9-13/h1-3,6-9,16,20H,4-5,10-11H2. The molecule has 0 saturated carbocycles. The Hall–Kier alpha value is -1.30. The Bertz CT molecular complexity index is 585. The van der Waals surface area contributed by atoms with Crippen LogP contribution in [0.2, 0.25) is 0 Å². The Labute approximate surface area is 132 Å². The molecule has 1 N–H and O–H groups in total. The summed E-state index contributed by atoms with van der Waals surface area (Å²) in [5.41, 5.74) is 2.18. The minimum Gasteiger partial charge on any atom is -0.314 e. The maximum absolute atomic E-state index is 13.5. The van der Waals surface area contributed by atoms with E-state index in [1.807, 2.05) is 18.3 Å². The lowest BCUT2D eigenvalue weighted by molar-refractivity contribution is 0.153. The summed E-state index contributed by atoms with van der Waals surface area (Å²) in [7, 11) is 0. The monoisotopic (exact) mass is 349 g/mol. The fourth-order valence-electron chi connectivity index (χ4n) is 2.77. The van der Waals surface area contributed by atoms with E-state index < -0.39 is 0 Å². The first-order valence-corrected chi connectivity index (χ1v) is 7.81. The van der Waals surface area contributed by atoms with Gasteiger partial charge in [-0.05, 0) is 35.4 Å². The molecule has 2 heterocycles. The topological polar surface area (TPSA) is 28.2 Å². The van der Waals surface area contributed by atoms with E-state index >= 15 is 0 Å². The van der Waals surface area contributed by atoms with Gasteiger partial charge in [-0.15, -0.1) is 0 Å². The highest BCUT2D eigenvalue weighted by Crippen LogP contribution is 2.24. The smallest absolute Gasteiger partial charge is 0.124 e. The zero-order chi connectivity index (χ0) is 14.7. The van der Waals surface area contributed by atoms with E-state index in [-0.39, 0.29) is 11.9 Å². The van der Waals surface area contributed by atoms with Gasteiger partial charge >= 0.3 is 0 Å². The van der Waals surface area contributed by atoms with E-state index in [0.717, 1.165) is 36.2 Å². The molecule has 1 atom stereocenters. The van der Waals surface area contributed by atoms with Gasteiger partial charge in [0, 0.05) is 49.1 Å². The lowest BCUT2D eigenvalue weighted by Crippen LogP contribution is -2.45. The first-order valence-electron chi connectivity index (χ1n) is 7.02.